The number of hydrogen-bond donors (Lipinski definition) is 0. The summed E-state index contributed by atoms with van der Waals surface area (Å²) in [5.41, 5.74) is 12.9. The van der Waals surface area contributed by atoms with Crippen molar-refractivity contribution in [2.45, 2.75) is 18.8 Å². The number of rotatable bonds is 6. The van der Waals surface area contributed by atoms with E-state index < -0.39 is 0 Å². The molecule has 3 aliphatic rings. The van der Waals surface area contributed by atoms with Crippen molar-refractivity contribution in [2.24, 2.45) is 5.92 Å². The summed E-state index contributed by atoms with van der Waals surface area (Å²) in [6, 6.07) is 48.0. The van der Waals surface area contributed by atoms with E-state index in [0.29, 0.717) is 0 Å². The Morgan fingerprint density at radius 3 is 2.04 bits per heavy atom. The average Bonchev–Trinajstić information content (AvgIpc) is 3.61. The normalized spacial score (nSPS) is 18.0. The summed E-state index contributed by atoms with van der Waals surface area (Å²) in [5, 5.41) is 4.77. The van der Waals surface area contributed by atoms with Gasteiger partial charge in [-0.05, 0) is 70.2 Å². The summed E-state index contributed by atoms with van der Waals surface area (Å²) < 4.78 is 7.09. The molecule has 0 amide bonds. The van der Waals surface area contributed by atoms with Gasteiger partial charge in [-0.3, -0.25) is 0 Å². The van der Waals surface area contributed by atoms with Gasteiger partial charge in [0.1, 0.15) is 11.2 Å². The summed E-state index contributed by atoms with van der Waals surface area (Å²) >= 11 is 0. The number of para-hydroxylation sites is 3. The van der Waals surface area contributed by atoms with Crippen LogP contribution in [-0.2, 0) is 0 Å². The molecule has 0 radical (unpaired) electrons. The van der Waals surface area contributed by atoms with E-state index in [9.17, 15) is 0 Å². The van der Waals surface area contributed by atoms with Crippen LogP contribution < -0.4 is 4.90 Å². The molecule has 3 aliphatic carbocycles. The second kappa shape index (κ2) is 12.7. The molecule has 0 aliphatic heterocycles. The molecular weight excluding hydrogens is 631 g/mol. The molecule has 0 spiro atoms. The van der Waals surface area contributed by atoms with Crippen molar-refractivity contribution in [1.82, 2.24) is 0 Å². The molecule has 0 saturated carbocycles. The van der Waals surface area contributed by atoms with Crippen molar-refractivity contribution in [2.75, 3.05) is 4.90 Å². The van der Waals surface area contributed by atoms with Gasteiger partial charge in [0.25, 0.3) is 0 Å². The third kappa shape index (κ3) is 5.02. The third-order valence-electron chi connectivity index (χ3n) is 11.0. The van der Waals surface area contributed by atoms with Crippen LogP contribution >= 0.6 is 0 Å². The second-order valence-electron chi connectivity index (χ2n) is 13.9. The van der Waals surface area contributed by atoms with E-state index in [2.05, 4.69) is 193 Å². The first kappa shape index (κ1) is 30.4. The Bertz CT molecular complexity index is 2680. The average molecular weight is 668 g/mol. The molecule has 2 nitrogen and oxygen atoms in total. The highest BCUT2D eigenvalue weighted by Crippen LogP contribution is 2.47. The zero-order chi connectivity index (χ0) is 34.4. The number of benzene rings is 6. The largest absolute Gasteiger partial charge is 0.455 e. The number of hydrogen-bond acceptors (Lipinski definition) is 2. The maximum Gasteiger partial charge on any atom is 0.143 e. The van der Waals surface area contributed by atoms with Gasteiger partial charge in [-0.1, -0.05) is 164 Å². The maximum atomic E-state index is 7.09. The maximum absolute atomic E-state index is 7.09. The first-order chi connectivity index (χ1) is 25.8. The fraction of sp³-hybridized carbons (Fsp3) is 0.0800. The molecule has 52 heavy (non-hydrogen) atoms. The van der Waals surface area contributed by atoms with E-state index in [0.717, 1.165) is 40.3 Å². The molecular formula is C50H37NO. The second-order valence-corrected chi connectivity index (χ2v) is 13.9. The summed E-state index contributed by atoms with van der Waals surface area (Å²) in [6.45, 7) is 0. The lowest BCUT2D eigenvalue weighted by Crippen LogP contribution is -2.28. The van der Waals surface area contributed by atoms with Crippen molar-refractivity contribution in [3.8, 4) is 22.3 Å². The fourth-order valence-electron chi connectivity index (χ4n) is 8.57. The molecule has 0 bridgehead atoms. The predicted molar refractivity (Wildman–Crippen MR) is 218 cm³/mol. The number of nitrogens with zero attached hydrogens (tertiary/aromatic N) is 1. The minimum Gasteiger partial charge on any atom is -0.455 e. The van der Waals surface area contributed by atoms with Crippen LogP contribution in [0, 0.1) is 5.92 Å². The molecule has 248 valence electrons. The molecule has 10 rings (SSSR count). The highest BCUT2D eigenvalue weighted by atomic mass is 16.3. The van der Waals surface area contributed by atoms with Crippen LogP contribution in [0.4, 0.5) is 5.69 Å². The Morgan fingerprint density at radius 1 is 0.519 bits per heavy atom. The molecule has 7 aromatic rings. The van der Waals surface area contributed by atoms with Crippen molar-refractivity contribution in [3.05, 3.63) is 211 Å². The number of anilines is 1. The Kier molecular flexibility index (Phi) is 7.46. The van der Waals surface area contributed by atoms with Gasteiger partial charge < -0.3 is 9.32 Å². The Morgan fingerprint density at radius 2 is 1.23 bits per heavy atom. The van der Waals surface area contributed by atoms with Crippen LogP contribution in [0.15, 0.2) is 210 Å². The zero-order valence-corrected chi connectivity index (χ0v) is 28.8. The quantitative estimate of drug-likeness (QED) is 0.175. The summed E-state index contributed by atoms with van der Waals surface area (Å²) in [5.74, 6) is 0.292. The molecule has 1 heterocycles. The zero-order valence-electron chi connectivity index (χ0n) is 28.8. The van der Waals surface area contributed by atoms with Crippen molar-refractivity contribution in [3.63, 3.8) is 0 Å². The van der Waals surface area contributed by atoms with Crippen molar-refractivity contribution in [1.29, 1.82) is 0 Å². The molecule has 0 N–H and O–H groups in total. The standard InChI is InChI=1S/C50H37NO/c1-4-16-34(17-5-1)37-30-31-41(39-23-11-10-22-38(37)39)44-26-14-28-46-47-29-15-27-45(50(47)52-49(44)46)42-32-33-48(43-25-13-12-24-40(42)43)51(35-18-6-2-7-19-35)36-20-8-3-9-21-36/h1-8,10-20,22-33,40,42H,9,21H2. The van der Waals surface area contributed by atoms with Crippen LogP contribution in [0.2, 0.25) is 0 Å². The minimum atomic E-state index is 0.122. The van der Waals surface area contributed by atoms with Crippen molar-refractivity contribution < 1.29 is 4.42 Å². The highest BCUT2D eigenvalue weighted by Gasteiger charge is 2.33. The monoisotopic (exact) mass is 667 g/mol. The van der Waals surface area contributed by atoms with Crippen LogP contribution in [0.3, 0.4) is 0 Å². The first-order valence-electron chi connectivity index (χ1n) is 18.3. The lowest BCUT2D eigenvalue weighted by Gasteiger charge is -2.37. The van der Waals surface area contributed by atoms with Gasteiger partial charge in [0.15, 0.2) is 0 Å². The number of fused-ring (bicyclic) bond motifs is 5. The Balaban J connectivity index is 1.11. The molecule has 2 heteroatoms. The molecule has 0 saturated heterocycles. The van der Waals surface area contributed by atoms with E-state index in [1.54, 1.807) is 0 Å². The topological polar surface area (TPSA) is 16.4 Å². The van der Waals surface area contributed by atoms with Crippen LogP contribution in [0.1, 0.15) is 24.3 Å². The Hall–Kier alpha value is -6.38. The van der Waals surface area contributed by atoms with Gasteiger partial charge in [-0.15, -0.1) is 0 Å². The first-order valence-corrected chi connectivity index (χ1v) is 18.3. The highest BCUT2D eigenvalue weighted by molar-refractivity contribution is 6.14. The van der Waals surface area contributed by atoms with E-state index in [1.165, 1.54) is 55.7 Å². The van der Waals surface area contributed by atoms with Crippen LogP contribution in [0.5, 0.6) is 0 Å². The SMILES string of the molecule is C1=CCCC(N(C2=C3C=CC=CC3C(c3cccc4c3oc3c(-c5ccc(-c6ccccc6)c6ccccc56)cccc34)C=C2)c2ccccc2)=C1. The molecule has 1 aromatic heterocycles. The summed E-state index contributed by atoms with van der Waals surface area (Å²) in [7, 11) is 0. The van der Waals surface area contributed by atoms with Gasteiger partial charge in [-0.25, -0.2) is 0 Å². The Labute approximate surface area is 304 Å². The molecule has 2 atom stereocenters. The lowest BCUT2D eigenvalue weighted by molar-refractivity contribution is 0.626. The number of furan rings is 1. The van der Waals surface area contributed by atoms with Gasteiger partial charge in [0.2, 0.25) is 0 Å². The van der Waals surface area contributed by atoms with E-state index in [1.807, 2.05) is 0 Å². The van der Waals surface area contributed by atoms with Crippen LogP contribution in [0.25, 0.3) is 55.0 Å². The molecule has 6 aromatic carbocycles. The van der Waals surface area contributed by atoms with Gasteiger partial charge in [-0.2, -0.15) is 0 Å². The fourth-order valence-corrected chi connectivity index (χ4v) is 8.57. The number of allylic oxidation sites excluding steroid dienone is 11. The van der Waals surface area contributed by atoms with E-state index in [-0.39, 0.29) is 11.8 Å². The summed E-state index contributed by atoms with van der Waals surface area (Å²) in [4.78, 5) is 2.46. The minimum absolute atomic E-state index is 0.122. The molecule has 0 fully saturated rings. The lowest BCUT2D eigenvalue weighted by atomic mass is 9.74. The van der Waals surface area contributed by atoms with Gasteiger partial charge in [0.05, 0.1) is 0 Å². The van der Waals surface area contributed by atoms with Crippen molar-refractivity contribution >= 4 is 38.4 Å². The summed E-state index contributed by atoms with van der Waals surface area (Å²) in [6.07, 6.45) is 22.6. The van der Waals surface area contributed by atoms with Crippen LogP contribution in [-0.4, -0.2) is 0 Å². The third-order valence-corrected chi connectivity index (χ3v) is 11.0. The van der Waals surface area contributed by atoms with Gasteiger partial charge >= 0.3 is 0 Å². The van der Waals surface area contributed by atoms with E-state index in [4.69, 9.17) is 4.42 Å². The van der Waals surface area contributed by atoms with E-state index >= 15 is 0 Å². The predicted octanol–water partition coefficient (Wildman–Crippen LogP) is 13.5. The molecule has 2 unspecified atom stereocenters. The van der Waals surface area contributed by atoms with Gasteiger partial charge in [0, 0.05) is 50.8 Å². The smallest absolute Gasteiger partial charge is 0.143 e.